The van der Waals surface area contributed by atoms with Crippen LogP contribution in [-0.2, 0) is 4.79 Å². The van der Waals surface area contributed by atoms with Crippen molar-refractivity contribution in [1.82, 2.24) is 0 Å². The van der Waals surface area contributed by atoms with Gasteiger partial charge in [-0.25, -0.2) is 0 Å². The van der Waals surface area contributed by atoms with Crippen molar-refractivity contribution in [3.63, 3.8) is 0 Å². The first-order valence-electron chi connectivity index (χ1n) is 8.98. The van der Waals surface area contributed by atoms with E-state index in [1.54, 1.807) is 0 Å². The van der Waals surface area contributed by atoms with Gasteiger partial charge in [-0.2, -0.15) is 0 Å². The number of Topliss-reactive ketones (excluding diaryl/α,β-unsaturated/α-hetero) is 1. The Kier molecular flexibility index (Phi) is 5.34. The summed E-state index contributed by atoms with van der Waals surface area (Å²) in [5.74, 6) is 0.0683. The number of benzene rings is 3. The molecule has 0 radical (unpaired) electrons. The van der Waals surface area contributed by atoms with Gasteiger partial charge in [0.2, 0.25) is 0 Å². The van der Waals surface area contributed by atoms with E-state index in [9.17, 15) is 4.79 Å². The first-order chi connectivity index (χ1) is 12.6. The molecule has 26 heavy (non-hydrogen) atoms. The van der Waals surface area contributed by atoms with Gasteiger partial charge < -0.3 is 0 Å². The zero-order valence-corrected chi connectivity index (χ0v) is 16.4. The fraction of sp³-hybridized carbons (Fsp3) is 0.125. The molecule has 0 saturated heterocycles. The van der Waals surface area contributed by atoms with E-state index in [1.807, 2.05) is 32.0 Å². The Balaban J connectivity index is 2.40. The van der Waals surface area contributed by atoms with Gasteiger partial charge >= 0.3 is 0 Å². The second-order valence-corrected chi connectivity index (χ2v) is 10.7. The highest BCUT2D eigenvalue weighted by molar-refractivity contribution is 7.18. The second-order valence-electron chi connectivity index (χ2n) is 6.85. The Morgan fingerprint density at radius 1 is 0.692 bits per heavy atom. The van der Waals surface area contributed by atoms with E-state index >= 15 is 0 Å². The van der Waals surface area contributed by atoms with Crippen molar-refractivity contribution in [3.05, 3.63) is 103 Å². The lowest BCUT2D eigenvalue weighted by Crippen LogP contribution is -2.69. The zero-order valence-electron chi connectivity index (χ0n) is 15.4. The lowest BCUT2D eigenvalue weighted by Gasteiger charge is -2.35. The molecule has 3 aromatic rings. The van der Waals surface area contributed by atoms with Crippen LogP contribution in [0.1, 0.15) is 13.8 Å². The normalized spacial score (nSPS) is 11.3. The molecule has 0 bridgehead atoms. The monoisotopic (exact) mass is 356 g/mol. The van der Waals surface area contributed by atoms with E-state index in [4.69, 9.17) is 0 Å². The second kappa shape index (κ2) is 7.67. The topological polar surface area (TPSA) is 17.1 Å². The summed E-state index contributed by atoms with van der Waals surface area (Å²) >= 11 is 0. The van der Waals surface area contributed by atoms with E-state index < -0.39 is 8.07 Å². The maximum atomic E-state index is 13.1. The smallest absolute Gasteiger partial charge is 0.182 e. The van der Waals surface area contributed by atoms with Crippen LogP contribution in [0.25, 0.3) is 0 Å². The maximum Gasteiger partial charge on any atom is 0.182 e. The largest absolute Gasteiger partial charge is 0.295 e. The van der Waals surface area contributed by atoms with Gasteiger partial charge in [0.15, 0.2) is 13.9 Å². The summed E-state index contributed by atoms with van der Waals surface area (Å²) in [5.41, 5.74) is 0. The first-order valence-corrected chi connectivity index (χ1v) is 11.0. The van der Waals surface area contributed by atoms with E-state index in [1.165, 1.54) is 15.6 Å². The van der Waals surface area contributed by atoms with Crippen molar-refractivity contribution in [2.24, 2.45) is 5.92 Å². The molecule has 0 atom stereocenters. The fourth-order valence-electron chi connectivity index (χ4n) is 3.62. The summed E-state index contributed by atoms with van der Waals surface area (Å²) in [5, 5.41) is 4.32. The van der Waals surface area contributed by atoms with E-state index in [2.05, 4.69) is 79.4 Å². The highest BCUT2D eigenvalue weighted by atomic mass is 28.3. The SMILES string of the molecule is C=C(C(=O)C(C)C)[Si](c1ccccc1)(c1ccccc1)c1ccccc1. The fourth-order valence-corrected chi connectivity index (χ4v) is 8.40. The summed E-state index contributed by atoms with van der Waals surface area (Å²) < 4.78 is 0. The quantitative estimate of drug-likeness (QED) is 0.375. The van der Waals surface area contributed by atoms with Gasteiger partial charge in [0.1, 0.15) is 0 Å². The Morgan fingerprint density at radius 2 is 1.00 bits per heavy atom. The summed E-state index contributed by atoms with van der Waals surface area (Å²) in [7, 11) is -2.70. The molecule has 0 spiro atoms. The van der Waals surface area contributed by atoms with Gasteiger partial charge in [0, 0.05) is 5.92 Å². The van der Waals surface area contributed by atoms with Gasteiger partial charge in [0.05, 0.1) is 0 Å². The average Bonchev–Trinajstić information content (AvgIpc) is 2.70. The van der Waals surface area contributed by atoms with Crippen LogP contribution >= 0.6 is 0 Å². The molecule has 130 valence electrons. The van der Waals surface area contributed by atoms with Crippen molar-refractivity contribution in [3.8, 4) is 0 Å². The van der Waals surface area contributed by atoms with Crippen LogP contribution in [-0.4, -0.2) is 13.9 Å². The van der Waals surface area contributed by atoms with Gasteiger partial charge in [-0.1, -0.05) is 111 Å². The Labute approximate surface area is 157 Å². The van der Waals surface area contributed by atoms with Crippen molar-refractivity contribution >= 4 is 29.4 Å². The van der Waals surface area contributed by atoms with Crippen LogP contribution in [0.15, 0.2) is 103 Å². The first kappa shape index (κ1) is 18.1. The highest BCUT2D eigenvalue weighted by Gasteiger charge is 2.44. The minimum atomic E-state index is -2.70. The molecule has 0 amide bonds. The molecule has 0 fully saturated rings. The predicted molar refractivity (Wildman–Crippen MR) is 113 cm³/mol. The standard InChI is InChI=1S/C24H24OSi/c1-19(2)24(25)20(3)26(21-13-7-4-8-14-21,22-15-9-5-10-16-22)23-17-11-6-12-18-23/h4-19H,3H2,1-2H3. The third-order valence-electron chi connectivity index (χ3n) is 4.89. The minimum absolute atomic E-state index is 0.0782. The minimum Gasteiger partial charge on any atom is -0.295 e. The summed E-state index contributed by atoms with van der Waals surface area (Å²) in [6.07, 6.45) is 0. The highest BCUT2D eigenvalue weighted by Crippen LogP contribution is 2.19. The molecule has 2 heteroatoms. The van der Waals surface area contributed by atoms with E-state index in [0.717, 1.165) is 5.20 Å². The number of hydrogen-bond acceptors (Lipinski definition) is 1. The summed E-state index contributed by atoms with van der Waals surface area (Å²) in [6, 6.07) is 31.2. The molecule has 1 nitrogen and oxygen atoms in total. The van der Waals surface area contributed by atoms with Crippen LogP contribution in [0, 0.1) is 5.92 Å². The van der Waals surface area contributed by atoms with Crippen molar-refractivity contribution < 1.29 is 4.79 Å². The number of carbonyl (C=O) groups excluding carboxylic acids is 1. The lowest BCUT2D eigenvalue weighted by atomic mass is 10.1. The molecule has 0 unspecified atom stereocenters. The van der Waals surface area contributed by atoms with Crippen molar-refractivity contribution in [2.45, 2.75) is 13.8 Å². The van der Waals surface area contributed by atoms with Crippen LogP contribution < -0.4 is 15.6 Å². The third kappa shape index (κ3) is 3.09. The van der Waals surface area contributed by atoms with Crippen LogP contribution in [0.3, 0.4) is 0 Å². The Bertz CT molecular complexity index is 787. The van der Waals surface area contributed by atoms with Crippen molar-refractivity contribution in [1.29, 1.82) is 0 Å². The van der Waals surface area contributed by atoms with Crippen LogP contribution in [0.2, 0.25) is 0 Å². The molecule has 0 aromatic heterocycles. The molecule has 0 aliphatic carbocycles. The van der Waals surface area contributed by atoms with Gasteiger partial charge in [-0.05, 0) is 20.8 Å². The average molecular weight is 357 g/mol. The number of allylic oxidation sites excluding steroid dienone is 1. The molecule has 0 N–H and O–H groups in total. The molecule has 0 saturated carbocycles. The summed E-state index contributed by atoms with van der Waals surface area (Å²) in [4.78, 5) is 13.1. The van der Waals surface area contributed by atoms with Crippen LogP contribution in [0.5, 0.6) is 0 Å². The van der Waals surface area contributed by atoms with E-state index in [0.29, 0.717) is 0 Å². The van der Waals surface area contributed by atoms with Crippen molar-refractivity contribution in [2.75, 3.05) is 0 Å². The third-order valence-corrected chi connectivity index (χ3v) is 9.64. The zero-order chi connectivity index (χ0) is 18.6. The Hall–Kier alpha value is -2.71. The predicted octanol–water partition coefficient (Wildman–Crippen LogP) is 3.48. The van der Waals surface area contributed by atoms with Crippen LogP contribution in [0.4, 0.5) is 0 Å². The molecule has 3 aromatic carbocycles. The maximum absolute atomic E-state index is 13.1. The summed E-state index contributed by atoms with van der Waals surface area (Å²) in [6.45, 7) is 8.29. The molecular formula is C24H24OSi. The number of rotatable bonds is 6. The molecule has 0 aliphatic rings. The van der Waals surface area contributed by atoms with E-state index in [-0.39, 0.29) is 11.7 Å². The number of carbonyl (C=O) groups is 1. The van der Waals surface area contributed by atoms with Gasteiger partial charge in [0.25, 0.3) is 0 Å². The van der Waals surface area contributed by atoms with Gasteiger partial charge in [-0.3, -0.25) is 4.79 Å². The molecule has 3 rings (SSSR count). The Morgan fingerprint density at radius 3 is 1.27 bits per heavy atom. The molecule has 0 heterocycles. The van der Waals surface area contributed by atoms with Gasteiger partial charge in [-0.15, -0.1) is 0 Å². The molecular weight excluding hydrogens is 332 g/mol. The molecule has 0 aliphatic heterocycles. The number of hydrogen-bond donors (Lipinski definition) is 0. The number of ketones is 1. The lowest BCUT2D eigenvalue weighted by molar-refractivity contribution is -0.117.